The lowest BCUT2D eigenvalue weighted by Crippen LogP contribution is -2.30. The molecule has 1 amide bonds. The van der Waals surface area contributed by atoms with Crippen LogP contribution in [0.1, 0.15) is 32.2 Å². The van der Waals surface area contributed by atoms with Gasteiger partial charge in [-0.25, -0.2) is 4.98 Å². The molecule has 0 bridgehead atoms. The molecule has 0 aliphatic rings. The second kappa shape index (κ2) is 11.0. The lowest BCUT2D eigenvalue weighted by atomic mass is 10.1. The van der Waals surface area contributed by atoms with E-state index in [-0.39, 0.29) is 18.0 Å². The minimum Gasteiger partial charge on any atom is -0.493 e. The number of fused-ring (bicyclic) bond motifs is 1. The molecule has 33 heavy (non-hydrogen) atoms. The third-order valence-corrected chi connectivity index (χ3v) is 5.21. The van der Waals surface area contributed by atoms with Crippen molar-refractivity contribution in [2.24, 2.45) is 5.92 Å². The van der Waals surface area contributed by atoms with E-state index < -0.39 is 0 Å². The van der Waals surface area contributed by atoms with Gasteiger partial charge in [0.05, 0.1) is 36.2 Å². The minimum atomic E-state index is -0.226. The Balaban J connectivity index is 1.77. The molecule has 0 saturated heterocycles. The van der Waals surface area contributed by atoms with Crippen molar-refractivity contribution < 1.29 is 14.3 Å². The Labute approximate surface area is 198 Å². The van der Waals surface area contributed by atoms with Crippen LogP contribution in [0.5, 0.6) is 11.5 Å². The number of likely N-dealkylation sites (N-methyl/N-ethyl adjacent to an activating group) is 1. The van der Waals surface area contributed by atoms with Gasteiger partial charge in [-0.3, -0.25) is 9.59 Å². The number of rotatable bonds is 9. The van der Waals surface area contributed by atoms with Gasteiger partial charge in [-0.2, -0.15) is 0 Å². The lowest BCUT2D eigenvalue weighted by molar-refractivity contribution is -0.126. The summed E-state index contributed by atoms with van der Waals surface area (Å²) in [6.45, 7) is 7.11. The van der Waals surface area contributed by atoms with E-state index in [1.807, 2.05) is 26.8 Å². The first kappa shape index (κ1) is 24.3. The Hall–Kier alpha value is -3.32. The smallest absolute Gasteiger partial charge is 0.258 e. The molecule has 0 unspecified atom stereocenters. The number of benzene rings is 2. The van der Waals surface area contributed by atoms with Gasteiger partial charge in [-0.15, -0.1) is 0 Å². The molecule has 0 aliphatic heterocycles. The van der Waals surface area contributed by atoms with Crippen LogP contribution in [0.25, 0.3) is 17.0 Å². The van der Waals surface area contributed by atoms with E-state index in [1.54, 1.807) is 48.4 Å². The summed E-state index contributed by atoms with van der Waals surface area (Å²) in [5.74, 6) is 1.54. The van der Waals surface area contributed by atoms with E-state index in [0.717, 1.165) is 0 Å². The molecule has 3 aromatic rings. The van der Waals surface area contributed by atoms with Gasteiger partial charge < -0.3 is 19.4 Å². The number of nitrogens with zero attached hydrogens (tertiary/aromatic N) is 2. The zero-order valence-electron chi connectivity index (χ0n) is 19.2. The highest BCUT2D eigenvalue weighted by molar-refractivity contribution is 6.32. The molecule has 0 atom stereocenters. The largest absolute Gasteiger partial charge is 0.493 e. The first-order valence-corrected chi connectivity index (χ1v) is 11.1. The molecule has 7 nitrogen and oxygen atoms in total. The number of hydrogen-bond acceptors (Lipinski definition) is 5. The van der Waals surface area contributed by atoms with Crippen molar-refractivity contribution in [2.45, 2.75) is 27.3 Å². The predicted octanol–water partition coefficient (Wildman–Crippen LogP) is 4.68. The molecule has 1 aromatic heterocycles. The van der Waals surface area contributed by atoms with Gasteiger partial charge in [-0.05, 0) is 48.7 Å². The maximum absolute atomic E-state index is 12.8. The number of carbonyl (C=O) groups is 1. The van der Waals surface area contributed by atoms with E-state index in [4.69, 9.17) is 21.1 Å². The van der Waals surface area contributed by atoms with Crippen LogP contribution >= 0.6 is 11.6 Å². The number of H-pyrrole nitrogens is 1. The Morgan fingerprint density at radius 2 is 2.03 bits per heavy atom. The fourth-order valence-corrected chi connectivity index (χ4v) is 3.51. The van der Waals surface area contributed by atoms with Crippen LogP contribution in [0.4, 0.5) is 0 Å². The number of hydrogen-bond donors (Lipinski definition) is 1. The fraction of sp³-hybridized carbons (Fsp3) is 0.320. The Kier molecular flexibility index (Phi) is 8.11. The summed E-state index contributed by atoms with van der Waals surface area (Å²) in [7, 11) is 1.54. The number of halogens is 1. The summed E-state index contributed by atoms with van der Waals surface area (Å²) in [5.41, 5.74) is 1.07. The summed E-state index contributed by atoms with van der Waals surface area (Å²) in [4.78, 5) is 33.9. The zero-order valence-corrected chi connectivity index (χ0v) is 20.0. The molecule has 0 saturated carbocycles. The molecule has 1 N–H and O–H groups in total. The van der Waals surface area contributed by atoms with Crippen molar-refractivity contribution in [3.8, 4) is 11.5 Å². The van der Waals surface area contributed by atoms with Gasteiger partial charge >= 0.3 is 0 Å². The van der Waals surface area contributed by atoms with Crippen molar-refractivity contribution in [1.82, 2.24) is 14.9 Å². The van der Waals surface area contributed by atoms with Crippen LogP contribution in [0.3, 0.4) is 0 Å². The van der Waals surface area contributed by atoms with Gasteiger partial charge in [0.1, 0.15) is 5.82 Å². The van der Waals surface area contributed by atoms with Crippen molar-refractivity contribution in [1.29, 1.82) is 0 Å². The third-order valence-electron chi connectivity index (χ3n) is 4.93. The van der Waals surface area contributed by atoms with Crippen molar-refractivity contribution in [3.05, 3.63) is 69.2 Å². The van der Waals surface area contributed by atoms with E-state index in [0.29, 0.717) is 57.9 Å². The average molecular weight is 470 g/mol. The number of ether oxygens (including phenoxy) is 2. The second-order valence-electron chi connectivity index (χ2n) is 7.95. The fourth-order valence-electron chi connectivity index (χ4n) is 3.24. The molecule has 2 aromatic carbocycles. The summed E-state index contributed by atoms with van der Waals surface area (Å²) in [6, 6.07) is 10.6. The normalized spacial score (nSPS) is 11.3. The predicted molar refractivity (Wildman–Crippen MR) is 131 cm³/mol. The minimum absolute atomic E-state index is 0.186. The van der Waals surface area contributed by atoms with Crippen LogP contribution in [-0.4, -0.2) is 41.0 Å². The molecule has 3 rings (SSSR count). The number of para-hydroxylation sites is 1. The number of nitrogens with one attached hydrogen (secondary N) is 1. The van der Waals surface area contributed by atoms with Gasteiger partial charge in [0.25, 0.3) is 5.56 Å². The van der Waals surface area contributed by atoms with Gasteiger partial charge in [0.15, 0.2) is 11.5 Å². The molecular formula is C25H28ClN3O4. The Bertz CT molecular complexity index is 1220. The lowest BCUT2D eigenvalue weighted by Gasteiger charge is -2.18. The van der Waals surface area contributed by atoms with Crippen molar-refractivity contribution >= 4 is 34.5 Å². The van der Waals surface area contributed by atoms with Gasteiger partial charge in [-0.1, -0.05) is 37.6 Å². The van der Waals surface area contributed by atoms with Crippen molar-refractivity contribution in [2.75, 3.05) is 20.3 Å². The molecule has 1 heterocycles. The third kappa shape index (κ3) is 6.14. The highest BCUT2D eigenvalue weighted by Crippen LogP contribution is 2.37. The van der Waals surface area contributed by atoms with E-state index >= 15 is 0 Å². The first-order chi connectivity index (χ1) is 15.8. The molecule has 8 heteroatoms. The topological polar surface area (TPSA) is 84.5 Å². The summed E-state index contributed by atoms with van der Waals surface area (Å²) in [6.07, 6.45) is 3.13. The molecule has 0 spiro atoms. The maximum Gasteiger partial charge on any atom is 0.258 e. The molecule has 0 radical (unpaired) electrons. The molecule has 0 aliphatic carbocycles. The number of aromatic amines is 1. The van der Waals surface area contributed by atoms with Crippen LogP contribution in [0.15, 0.2) is 47.3 Å². The number of amides is 1. The van der Waals surface area contributed by atoms with Crippen molar-refractivity contribution in [3.63, 3.8) is 0 Å². The first-order valence-electron chi connectivity index (χ1n) is 10.8. The zero-order chi connectivity index (χ0) is 24.0. The van der Waals surface area contributed by atoms with Crippen LogP contribution in [0.2, 0.25) is 5.02 Å². The number of aromatic nitrogens is 2. The van der Waals surface area contributed by atoms with Crippen LogP contribution in [0, 0.1) is 5.92 Å². The van der Waals surface area contributed by atoms with E-state index in [2.05, 4.69) is 9.97 Å². The Morgan fingerprint density at radius 1 is 1.27 bits per heavy atom. The standard InChI is InChI=1S/C25H28ClN3O4/c1-5-29(14-22-27-20-9-7-6-8-18(20)25(31)28-22)23(30)11-10-17-12-19(26)24(21(13-17)32-4)33-15-16(2)3/h6-13,16H,5,14-15H2,1-4H3,(H,27,28,31)/b11-10+. The number of methoxy groups -OCH3 is 1. The molecule has 174 valence electrons. The Morgan fingerprint density at radius 3 is 2.73 bits per heavy atom. The highest BCUT2D eigenvalue weighted by atomic mass is 35.5. The van der Waals surface area contributed by atoms with E-state index in [1.165, 1.54) is 6.08 Å². The summed E-state index contributed by atoms with van der Waals surface area (Å²) in [5, 5.41) is 0.926. The van der Waals surface area contributed by atoms with Gasteiger partial charge in [0, 0.05) is 12.6 Å². The molecular weight excluding hydrogens is 442 g/mol. The average Bonchev–Trinajstić information content (AvgIpc) is 2.79. The summed E-state index contributed by atoms with van der Waals surface area (Å²) >= 11 is 6.40. The molecule has 0 fully saturated rings. The quantitative estimate of drug-likeness (QED) is 0.460. The maximum atomic E-state index is 12.8. The SMILES string of the molecule is CCN(Cc1nc2ccccc2c(=O)[nH]1)C(=O)/C=C/c1cc(Cl)c(OCC(C)C)c(OC)c1. The van der Waals surface area contributed by atoms with E-state index in [9.17, 15) is 9.59 Å². The number of carbonyl (C=O) groups excluding carboxylic acids is 1. The van der Waals surface area contributed by atoms with Gasteiger partial charge in [0.2, 0.25) is 5.91 Å². The monoisotopic (exact) mass is 469 g/mol. The second-order valence-corrected chi connectivity index (χ2v) is 8.36. The van der Waals surface area contributed by atoms with Crippen LogP contribution in [-0.2, 0) is 11.3 Å². The summed E-state index contributed by atoms with van der Waals surface area (Å²) < 4.78 is 11.2. The van der Waals surface area contributed by atoms with Crippen LogP contribution < -0.4 is 15.0 Å². The highest BCUT2D eigenvalue weighted by Gasteiger charge is 2.14.